The number of ether oxygens (including phenoxy) is 2. The Morgan fingerprint density at radius 2 is 1.75 bits per heavy atom. The molecule has 1 saturated carbocycles. The van der Waals surface area contributed by atoms with Gasteiger partial charge in [0.15, 0.2) is 0 Å². The van der Waals surface area contributed by atoms with Gasteiger partial charge in [0.25, 0.3) is 0 Å². The molecule has 1 N–H and O–H groups in total. The molecule has 174 valence electrons. The zero-order valence-electron chi connectivity index (χ0n) is 18.8. The number of rotatable bonds is 10. The summed E-state index contributed by atoms with van der Waals surface area (Å²) in [6, 6.07) is 7.14. The fourth-order valence-corrected chi connectivity index (χ4v) is 4.57. The average Bonchev–Trinajstić information content (AvgIpc) is 3.22. The molecule has 0 unspecified atom stereocenters. The van der Waals surface area contributed by atoms with Crippen LogP contribution in [0.4, 0.5) is 0 Å². The van der Waals surface area contributed by atoms with Crippen molar-refractivity contribution in [3.8, 4) is 5.75 Å². The minimum Gasteiger partial charge on any atom is -0.494 e. The van der Waals surface area contributed by atoms with Gasteiger partial charge in [0.2, 0.25) is 5.91 Å². The number of nitrogens with zero attached hydrogens (tertiary/aromatic N) is 1. The molecule has 0 aromatic heterocycles. The van der Waals surface area contributed by atoms with Crippen molar-refractivity contribution in [3.05, 3.63) is 35.4 Å². The number of fused-ring (bicyclic) bond motifs is 1. The van der Waals surface area contributed by atoms with Gasteiger partial charge in [0.05, 0.1) is 19.6 Å². The Bertz CT molecular complexity index is 817. The second-order valence-corrected chi connectivity index (χ2v) is 8.58. The molecule has 1 aliphatic heterocycles. The largest absolute Gasteiger partial charge is 0.494 e. The molecule has 2 atom stereocenters. The molecule has 0 bridgehead atoms. The normalized spacial score (nSPS) is 20.5. The molecule has 1 aliphatic carbocycles. The van der Waals surface area contributed by atoms with Crippen LogP contribution < -0.4 is 4.74 Å². The molecule has 1 heterocycles. The van der Waals surface area contributed by atoms with Gasteiger partial charge in [0.1, 0.15) is 5.75 Å². The summed E-state index contributed by atoms with van der Waals surface area (Å²) in [7, 11) is 0. The summed E-state index contributed by atoms with van der Waals surface area (Å²) in [5, 5.41) is 8.67. The molecule has 1 aromatic rings. The smallest absolute Gasteiger partial charge is 0.334 e. The van der Waals surface area contributed by atoms with Gasteiger partial charge in [-0.1, -0.05) is 25.0 Å². The molecule has 3 rings (SSSR count). The number of benzene rings is 1. The first-order chi connectivity index (χ1) is 15.5. The summed E-state index contributed by atoms with van der Waals surface area (Å²) in [4.78, 5) is 38.0. The molecule has 2 aliphatic rings. The second-order valence-electron chi connectivity index (χ2n) is 8.58. The molecule has 7 nitrogen and oxygen atoms in total. The van der Waals surface area contributed by atoms with Crippen LogP contribution in [0.25, 0.3) is 6.08 Å². The van der Waals surface area contributed by atoms with Crippen molar-refractivity contribution >= 4 is 23.9 Å². The van der Waals surface area contributed by atoms with Crippen LogP contribution in [-0.4, -0.2) is 54.2 Å². The maximum Gasteiger partial charge on any atom is 0.334 e. The summed E-state index contributed by atoms with van der Waals surface area (Å²) in [5.74, 6) is 0.504. The minimum absolute atomic E-state index is 0.0166. The Morgan fingerprint density at radius 3 is 2.34 bits per heavy atom. The average molecular weight is 444 g/mol. The summed E-state index contributed by atoms with van der Waals surface area (Å²) >= 11 is 0. The number of hydrogen-bond acceptors (Lipinski definition) is 5. The van der Waals surface area contributed by atoms with Gasteiger partial charge < -0.3 is 19.5 Å². The second kappa shape index (κ2) is 11.7. The summed E-state index contributed by atoms with van der Waals surface area (Å²) < 4.78 is 10.7. The SMILES string of the molecule is CCOC(=O)/C(=C/c1ccc(OCCCC(=O)O)cc1)CC(=O)N1C[C@H]2CCCC[C@H]2C1. The monoisotopic (exact) mass is 443 g/mol. The standard InChI is InChI=1S/C25H33NO6/c1-2-31-25(30)21(15-23(27)26-16-19-6-3-4-7-20(19)17-26)14-18-9-11-22(12-10-18)32-13-5-8-24(28)29/h9-12,14,19-20H,2-8,13,15-17H2,1H3,(H,28,29)/b21-14+/t19-,20+. The van der Waals surface area contributed by atoms with Crippen molar-refractivity contribution in [3.63, 3.8) is 0 Å². The number of carbonyl (C=O) groups excluding carboxylic acids is 2. The predicted molar refractivity (Wildman–Crippen MR) is 120 cm³/mol. The van der Waals surface area contributed by atoms with E-state index in [9.17, 15) is 14.4 Å². The Labute approximate surface area is 189 Å². The van der Waals surface area contributed by atoms with E-state index in [0.717, 1.165) is 18.7 Å². The van der Waals surface area contributed by atoms with Crippen LogP contribution in [0.1, 0.15) is 57.4 Å². The number of carboxylic acid groups (broad SMARTS) is 1. The van der Waals surface area contributed by atoms with Crippen LogP contribution in [-0.2, 0) is 19.1 Å². The first-order valence-corrected chi connectivity index (χ1v) is 11.6. The van der Waals surface area contributed by atoms with E-state index in [1.165, 1.54) is 25.7 Å². The highest BCUT2D eigenvalue weighted by molar-refractivity contribution is 5.99. The number of esters is 1. The molecule has 1 amide bonds. The number of hydrogen-bond donors (Lipinski definition) is 1. The maximum absolute atomic E-state index is 13.0. The fourth-order valence-electron chi connectivity index (χ4n) is 4.57. The lowest BCUT2D eigenvalue weighted by Gasteiger charge is -2.22. The molecule has 7 heteroatoms. The van der Waals surface area contributed by atoms with Gasteiger partial charge >= 0.3 is 11.9 Å². The van der Waals surface area contributed by atoms with Gasteiger partial charge in [-0.25, -0.2) is 4.79 Å². The number of aliphatic carboxylic acids is 1. The highest BCUT2D eigenvalue weighted by Crippen LogP contribution is 2.36. The summed E-state index contributed by atoms with van der Waals surface area (Å²) in [6.45, 7) is 3.92. The Hall–Kier alpha value is -2.83. The quantitative estimate of drug-likeness (QED) is 0.335. The molecule has 2 fully saturated rings. The Morgan fingerprint density at radius 1 is 1.09 bits per heavy atom. The highest BCUT2D eigenvalue weighted by Gasteiger charge is 2.36. The first kappa shape index (κ1) is 23.8. The minimum atomic E-state index is -0.845. The van der Waals surface area contributed by atoms with E-state index in [4.69, 9.17) is 14.6 Å². The van der Waals surface area contributed by atoms with Crippen LogP contribution in [0.5, 0.6) is 5.75 Å². The molecular formula is C25H33NO6. The zero-order chi connectivity index (χ0) is 22.9. The Kier molecular flexibility index (Phi) is 8.71. The highest BCUT2D eigenvalue weighted by atomic mass is 16.5. The third-order valence-corrected chi connectivity index (χ3v) is 6.23. The van der Waals surface area contributed by atoms with Crippen LogP contribution in [0, 0.1) is 11.8 Å². The molecule has 0 radical (unpaired) electrons. The van der Waals surface area contributed by atoms with Crippen molar-refractivity contribution in [2.24, 2.45) is 11.8 Å². The van der Waals surface area contributed by atoms with Gasteiger partial charge in [-0.2, -0.15) is 0 Å². The van der Waals surface area contributed by atoms with Crippen LogP contribution >= 0.6 is 0 Å². The van der Waals surface area contributed by atoms with E-state index < -0.39 is 11.9 Å². The first-order valence-electron chi connectivity index (χ1n) is 11.6. The van der Waals surface area contributed by atoms with Crippen molar-refractivity contribution in [2.45, 2.75) is 51.9 Å². The third-order valence-electron chi connectivity index (χ3n) is 6.23. The predicted octanol–water partition coefficient (Wildman–Crippen LogP) is 3.92. The maximum atomic E-state index is 13.0. The number of carboxylic acids is 1. The van der Waals surface area contributed by atoms with Gasteiger partial charge in [-0.3, -0.25) is 9.59 Å². The van der Waals surface area contributed by atoms with E-state index >= 15 is 0 Å². The molecule has 0 spiro atoms. The van der Waals surface area contributed by atoms with E-state index in [1.54, 1.807) is 37.3 Å². The third kappa shape index (κ3) is 6.84. The zero-order valence-corrected chi connectivity index (χ0v) is 18.8. The van der Waals surface area contributed by atoms with Gasteiger partial charge in [-0.15, -0.1) is 0 Å². The van der Waals surface area contributed by atoms with Gasteiger partial charge in [0, 0.05) is 25.1 Å². The van der Waals surface area contributed by atoms with Crippen LogP contribution in [0.15, 0.2) is 29.8 Å². The van der Waals surface area contributed by atoms with Gasteiger partial charge in [-0.05, 0) is 61.8 Å². The lowest BCUT2D eigenvalue weighted by Crippen LogP contribution is -2.30. The van der Waals surface area contributed by atoms with E-state index in [0.29, 0.717) is 36.2 Å². The number of amides is 1. The van der Waals surface area contributed by atoms with Crippen LogP contribution in [0.2, 0.25) is 0 Å². The topological polar surface area (TPSA) is 93.1 Å². The Balaban J connectivity index is 1.62. The number of carbonyl (C=O) groups is 3. The van der Waals surface area contributed by atoms with Crippen molar-refractivity contribution in [1.82, 2.24) is 4.90 Å². The molecule has 32 heavy (non-hydrogen) atoms. The molecule has 1 aromatic carbocycles. The van der Waals surface area contributed by atoms with E-state index in [-0.39, 0.29) is 25.4 Å². The molecular weight excluding hydrogens is 410 g/mol. The lowest BCUT2D eigenvalue weighted by atomic mass is 9.82. The lowest BCUT2D eigenvalue weighted by molar-refractivity contribution is -0.140. The number of likely N-dealkylation sites (tertiary alicyclic amines) is 1. The van der Waals surface area contributed by atoms with Crippen LogP contribution in [0.3, 0.4) is 0 Å². The fraction of sp³-hybridized carbons (Fsp3) is 0.560. The van der Waals surface area contributed by atoms with E-state index in [2.05, 4.69) is 0 Å². The summed E-state index contributed by atoms with van der Waals surface area (Å²) in [6.07, 6.45) is 7.12. The van der Waals surface area contributed by atoms with Crippen molar-refractivity contribution < 1.29 is 29.0 Å². The van der Waals surface area contributed by atoms with Crippen molar-refractivity contribution in [1.29, 1.82) is 0 Å². The van der Waals surface area contributed by atoms with E-state index in [1.807, 2.05) is 4.90 Å². The summed E-state index contributed by atoms with van der Waals surface area (Å²) in [5.41, 5.74) is 1.12. The molecule has 1 saturated heterocycles. The van der Waals surface area contributed by atoms with Crippen molar-refractivity contribution in [2.75, 3.05) is 26.3 Å².